The van der Waals surface area contributed by atoms with Crippen molar-refractivity contribution in [2.45, 2.75) is 0 Å². The van der Waals surface area contributed by atoms with E-state index in [0.29, 0.717) is 5.82 Å². The Morgan fingerprint density at radius 2 is 1.00 bits per heavy atom. The zero-order valence-electron chi connectivity index (χ0n) is 26.0. The molecule has 0 atom stereocenters. The monoisotopic (exact) mass is 612 g/mol. The summed E-state index contributed by atoms with van der Waals surface area (Å²) in [5.41, 5.74) is 9.82. The van der Waals surface area contributed by atoms with Crippen LogP contribution >= 0.6 is 0 Å². The van der Waals surface area contributed by atoms with Crippen LogP contribution in [-0.4, -0.2) is 19.9 Å². The molecule has 0 unspecified atom stereocenters. The van der Waals surface area contributed by atoms with E-state index >= 15 is 0 Å². The molecule has 0 fully saturated rings. The summed E-state index contributed by atoms with van der Waals surface area (Å²) in [6.07, 6.45) is 1.79. The first-order valence-electron chi connectivity index (χ1n) is 16.1. The summed E-state index contributed by atoms with van der Waals surface area (Å²) in [6, 6.07) is 56.7. The molecule has 0 amide bonds. The van der Waals surface area contributed by atoms with Gasteiger partial charge in [0.1, 0.15) is 0 Å². The molecular formula is C44H28N4. The smallest absolute Gasteiger partial charge is 0.160 e. The van der Waals surface area contributed by atoms with Crippen LogP contribution in [-0.2, 0) is 0 Å². The lowest BCUT2D eigenvalue weighted by molar-refractivity contribution is 1.16. The number of benzene rings is 6. The molecule has 0 spiro atoms. The number of nitrogens with zero attached hydrogens (tertiary/aromatic N) is 4. The molecule has 0 N–H and O–H groups in total. The third-order valence-electron chi connectivity index (χ3n) is 8.95. The molecular weight excluding hydrogens is 585 g/mol. The summed E-state index contributed by atoms with van der Waals surface area (Å²) in [5.74, 6) is 0.677. The van der Waals surface area contributed by atoms with E-state index in [0.717, 1.165) is 61.5 Å². The van der Waals surface area contributed by atoms with E-state index in [1.807, 2.05) is 54.6 Å². The average Bonchev–Trinajstić information content (AvgIpc) is 3.18. The zero-order valence-corrected chi connectivity index (χ0v) is 26.0. The number of pyridine rings is 2. The second-order valence-electron chi connectivity index (χ2n) is 11.9. The molecule has 3 heterocycles. The molecule has 9 rings (SSSR count). The maximum absolute atomic E-state index is 5.17. The highest BCUT2D eigenvalue weighted by molar-refractivity contribution is 6.22. The molecule has 0 aliphatic heterocycles. The Morgan fingerprint density at radius 3 is 1.77 bits per heavy atom. The summed E-state index contributed by atoms with van der Waals surface area (Å²) in [4.78, 5) is 19.6. The summed E-state index contributed by atoms with van der Waals surface area (Å²) >= 11 is 0. The highest BCUT2D eigenvalue weighted by Gasteiger charge is 2.14. The minimum atomic E-state index is 0.677. The van der Waals surface area contributed by atoms with E-state index in [2.05, 4.69) is 114 Å². The van der Waals surface area contributed by atoms with Crippen LogP contribution in [0.3, 0.4) is 0 Å². The number of hydrogen-bond acceptors (Lipinski definition) is 4. The third-order valence-corrected chi connectivity index (χ3v) is 8.95. The molecule has 48 heavy (non-hydrogen) atoms. The lowest BCUT2D eigenvalue weighted by Gasteiger charge is -2.13. The normalized spacial score (nSPS) is 11.3. The van der Waals surface area contributed by atoms with Crippen LogP contribution in [0, 0.1) is 0 Å². The molecule has 4 nitrogen and oxygen atoms in total. The number of aromatic nitrogens is 4. The Labute approximate surface area is 278 Å². The van der Waals surface area contributed by atoms with Gasteiger partial charge in [-0.15, -0.1) is 0 Å². The van der Waals surface area contributed by atoms with E-state index < -0.39 is 0 Å². The molecule has 4 heteroatoms. The van der Waals surface area contributed by atoms with Gasteiger partial charge in [-0.3, -0.25) is 4.98 Å². The van der Waals surface area contributed by atoms with Gasteiger partial charge in [-0.2, -0.15) is 0 Å². The van der Waals surface area contributed by atoms with Crippen LogP contribution in [0.1, 0.15) is 0 Å². The van der Waals surface area contributed by atoms with E-state index in [1.165, 1.54) is 21.5 Å². The average molecular weight is 613 g/mol. The van der Waals surface area contributed by atoms with Crippen molar-refractivity contribution in [3.05, 3.63) is 170 Å². The van der Waals surface area contributed by atoms with Crippen molar-refractivity contribution in [2.24, 2.45) is 0 Å². The molecule has 3 aromatic heterocycles. The quantitative estimate of drug-likeness (QED) is 0.181. The van der Waals surface area contributed by atoms with Crippen LogP contribution < -0.4 is 0 Å². The van der Waals surface area contributed by atoms with Crippen molar-refractivity contribution >= 4 is 32.4 Å². The topological polar surface area (TPSA) is 51.6 Å². The van der Waals surface area contributed by atoms with Crippen LogP contribution in [0.4, 0.5) is 0 Å². The Hall–Kier alpha value is -6.52. The van der Waals surface area contributed by atoms with Crippen molar-refractivity contribution in [3.8, 4) is 56.4 Å². The van der Waals surface area contributed by atoms with Gasteiger partial charge in [-0.1, -0.05) is 140 Å². The van der Waals surface area contributed by atoms with Gasteiger partial charge < -0.3 is 0 Å². The second-order valence-corrected chi connectivity index (χ2v) is 11.9. The SMILES string of the molecule is c1ccc(-c2nc(-c3ccc(-c4ccc(-c5nc6ccccc6c6c5ccc5ccccc56)cc4)cc3)cc(-c3ccccn3)n2)cc1. The third kappa shape index (κ3) is 4.97. The standard InChI is InChI=1S/C44H28N4/c1-2-11-34(12-3-1)44-47-40(28-41(48-44)39-16-8-9-27-45-39)32-21-17-29(18-22-32)30-19-23-33(24-20-30)43-37-26-25-31-10-4-5-13-35(31)42(37)36-14-6-7-15-38(36)46-43/h1-28H. The van der Waals surface area contributed by atoms with Crippen LogP contribution in [0.5, 0.6) is 0 Å². The van der Waals surface area contributed by atoms with Gasteiger partial charge in [0.05, 0.1) is 28.3 Å². The summed E-state index contributed by atoms with van der Waals surface area (Å²) in [5, 5.41) is 6.07. The fourth-order valence-electron chi connectivity index (χ4n) is 6.55. The largest absolute Gasteiger partial charge is 0.255 e. The molecule has 0 radical (unpaired) electrons. The van der Waals surface area contributed by atoms with Crippen molar-refractivity contribution < 1.29 is 0 Å². The second kappa shape index (κ2) is 11.7. The zero-order chi connectivity index (χ0) is 31.9. The first-order valence-corrected chi connectivity index (χ1v) is 16.1. The molecule has 0 aliphatic rings. The highest BCUT2D eigenvalue weighted by Crippen LogP contribution is 2.37. The fraction of sp³-hybridized carbons (Fsp3) is 0. The van der Waals surface area contributed by atoms with Gasteiger partial charge in [0, 0.05) is 39.0 Å². The number of fused-ring (bicyclic) bond motifs is 5. The lowest BCUT2D eigenvalue weighted by Crippen LogP contribution is -1.96. The van der Waals surface area contributed by atoms with Gasteiger partial charge >= 0.3 is 0 Å². The molecule has 6 aromatic carbocycles. The van der Waals surface area contributed by atoms with E-state index in [-0.39, 0.29) is 0 Å². The first kappa shape index (κ1) is 27.8. The summed E-state index contributed by atoms with van der Waals surface area (Å²) < 4.78 is 0. The minimum Gasteiger partial charge on any atom is -0.255 e. The highest BCUT2D eigenvalue weighted by atomic mass is 14.9. The predicted octanol–water partition coefficient (Wildman–Crippen LogP) is 11.1. The molecule has 0 bridgehead atoms. The van der Waals surface area contributed by atoms with Gasteiger partial charge in [0.2, 0.25) is 0 Å². The molecule has 0 aliphatic carbocycles. The first-order chi connectivity index (χ1) is 23.8. The lowest BCUT2D eigenvalue weighted by atomic mass is 9.94. The fourth-order valence-corrected chi connectivity index (χ4v) is 6.55. The van der Waals surface area contributed by atoms with Crippen LogP contribution in [0.15, 0.2) is 170 Å². The van der Waals surface area contributed by atoms with E-state index in [9.17, 15) is 0 Å². The Balaban J connectivity index is 1.08. The number of rotatable bonds is 5. The van der Waals surface area contributed by atoms with Crippen molar-refractivity contribution in [3.63, 3.8) is 0 Å². The van der Waals surface area contributed by atoms with Gasteiger partial charge in [-0.25, -0.2) is 15.0 Å². The van der Waals surface area contributed by atoms with Gasteiger partial charge in [0.15, 0.2) is 5.82 Å². The van der Waals surface area contributed by atoms with E-state index in [4.69, 9.17) is 15.0 Å². The van der Waals surface area contributed by atoms with Gasteiger partial charge in [-0.05, 0) is 46.2 Å². The Bertz CT molecular complexity index is 2510. The van der Waals surface area contributed by atoms with Crippen LogP contribution in [0.2, 0.25) is 0 Å². The maximum atomic E-state index is 5.17. The maximum Gasteiger partial charge on any atom is 0.160 e. The summed E-state index contributed by atoms with van der Waals surface area (Å²) in [6.45, 7) is 0. The Morgan fingerprint density at radius 1 is 0.354 bits per heavy atom. The van der Waals surface area contributed by atoms with Crippen molar-refractivity contribution in [1.29, 1.82) is 0 Å². The van der Waals surface area contributed by atoms with E-state index in [1.54, 1.807) is 6.20 Å². The Kier molecular flexibility index (Phi) is 6.76. The molecule has 0 saturated carbocycles. The van der Waals surface area contributed by atoms with Crippen molar-refractivity contribution in [2.75, 3.05) is 0 Å². The molecule has 224 valence electrons. The van der Waals surface area contributed by atoms with Crippen LogP contribution in [0.25, 0.3) is 88.9 Å². The predicted molar refractivity (Wildman–Crippen MR) is 197 cm³/mol. The van der Waals surface area contributed by atoms with Crippen molar-refractivity contribution in [1.82, 2.24) is 19.9 Å². The number of hydrogen-bond donors (Lipinski definition) is 0. The van der Waals surface area contributed by atoms with Gasteiger partial charge in [0.25, 0.3) is 0 Å². The minimum absolute atomic E-state index is 0.677. The number of para-hydroxylation sites is 1. The molecule has 9 aromatic rings. The summed E-state index contributed by atoms with van der Waals surface area (Å²) in [7, 11) is 0. The molecule has 0 saturated heterocycles.